The zero-order chi connectivity index (χ0) is 18.4. The van der Waals surface area contributed by atoms with Crippen LogP contribution in [0.1, 0.15) is 43.0 Å². The lowest BCUT2D eigenvalue weighted by molar-refractivity contribution is 0.0892. The van der Waals surface area contributed by atoms with Crippen LogP contribution in [0.4, 0.5) is 0 Å². The average Bonchev–Trinajstić information content (AvgIpc) is 3.15. The highest BCUT2D eigenvalue weighted by molar-refractivity contribution is 5.91. The van der Waals surface area contributed by atoms with Crippen molar-refractivity contribution in [3.05, 3.63) is 54.0 Å². The Bertz CT molecular complexity index is 696. The third-order valence-electron chi connectivity index (χ3n) is 4.84. The van der Waals surface area contributed by atoms with E-state index in [4.69, 9.17) is 9.15 Å². The van der Waals surface area contributed by atoms with E-state index in [1.165, 1.54) is 6.42 Å². The van der Waals surface area contributed by atoms with E-state index in [1.54, 1.807) is 12.1 Å². The van der Waals surface area contributed by atoms with Crippen LogP contribution in [0.5, 0.6) is 5.75 Å². The highest BCUT2D eigenvalue weighted by Crippen LogP contribution is 2.18. The van der Waals surface area contributed by atoms with Crippen LogP contribution < -0.4 is 10.1 Å². The summed E-state index contributed by atoms with van der Waals surface area (Å²) in [6, 6.07) is 13.6. The predicted octanol–water partition coefficient (Wildman–Crippen LogP) is 3.71. The van der Waals surface area contributed by atoms with Gasteiger partial charge in [-0.25, -0.2) is 0 Å². The number of benzene rings is 1. The molecular weight excluding hydrogens is 328 g/mol. The van der Waals surface area contributed by atoms with Gasteiger partial charge in [0.25, 0.3) is 5.91 Å². The molecule has 1 amide bonds. The molecule has 3 rings (SSSR count). The number of carbonyl (C=O) groups excluding carboxylic acids is 1. The van der Waals surface area contributed by atoms with Crippen LogP contribution in [0.3, 0.4) is 0 Å². The molecule has 1 aromatic carbocycles. The van der Waals surface area contributed by atoms with E-state index in [0.717, 1.165) is 25.3 Å². The van der Waals surface area contributed by atoms with E-state index in [9.17, 15) is 4.79 Å². The molecule has 0 spiro atoms. The summed E-state index contributed by atoms with van der Waals surface area (Å²) in [5.74, 6) is 2.11. The van der Waals surface area contributed by atoms with Crippen LogP contribution in [0, 0.1) is 5.92 Å². The summed E-state index contributed by atoms with van der Waals surface area (Å²) in [5.41, 5.74) is 0. The number of rotatable bonds is 7. The van der Waals surface area contributed by atoms with Crippen molar-refractivity contribution in [3.63, 3.8) is 0 Å². The first-order valence-electron chi connectivity index (χ1n) is 9.40. The summed E-state index contributed by atoms with van der Waals surface area (Å²) < 4.78 is 11.3. The summed E-state index contributed by atoms with van der Waals surface area (Å²) in [7, 11) is 0. The largest absolute Gasteiger partial charge is 0.486 e. The normalized spacial score (nSPS) is 18.0. The second-order valence-electron chi connectivity index (χ2n) is 7.17. The Balaban J connectivity index is 1.46. The molecule has 5 heteroatoms. The molecule has 1 aliphatic rings. The van der Waals surface area contributed by atoms with Crippen molar-refractivity contribution in [2.24, 2.45) is 5.92 Å². The first-order valence-corrected chi connectivity index (χ1v) is 9.40. The van der Waals surface area contributed by atoms with Gasteiger partial charge in [0, 0.05) is 19.1 Å². The van der Waals surface area contributed by atoms with Crippen LogP contribution in [-0.4, -0.2) is 36.5 Å². The Morgan fingerprint density at radius 3 is 2.85 bits per heavy atom. The number of furan rings is 1. The SMILES string of the molecule is CC(C)N1CCC[C@H](CNC(=O)c2ccc(COc3ccccc3)o2)C1. The number of amides is 1. The average molecular weight is 356 g/mol. The number of nitrogens with zero attached hydrogens (tertiary/aromatic N) is 1. The Hall–Kier alpha value is -2.27. The molecule has 0 saturated carbocycles. The number of ether oxygens (including phenoxy) is 1. The molecule has 0 unspecified atom stereocenters. The second kappa shape index (κ2) is 8.90. The molecule has 26 heavy (non-hydrogen) atoms. The topological polar surface area (TPSA) is 54.7 Å². The monoisotopic (exact) mass is 356 g/mol. The van der Waals surface area contributed by atoms with Crippen LogP contribution >= 0.6 is 0 Å². The predicted molar refractivity (Wildman–Crippen MR) is 101 cm³/mol. The van der Waals surface area contributed by atoms with Gasteiger partial charge in [0.05, 0.1) is 0 Å². The van der Waals surface area contributed by atoms with E-state index >= 15 is 0 Å². The zero-order valence-electron chi connectivity index (χ0n) is 15.6. The fourth-order valence-corrected chi connectivity index (χ4v) is 3.31. The molecule has 1 aliphatic heterocycles. The molecular formula is C21H28N2O3. The lowest BCUT2D eigenvalue weighted by Crippen LogP contribution is -2.43. The zero-order valence-corrected chi connectivity index (χ0v) is 15.6. The number of piperidine rings is 1. The smallest absolute Gasteiger partial charge is 0.287 e. The van der Waals surface area contributed by atoms with Gasteiger partial charge in [-0.2, -0.15) is 0 Å². The molecule has 1 N–H and O–H groups in total. The molecule has 1 saturated heterocycles. The second-order valence-corrected chi connectivity index (χ2v) is 7.17. The summed E-state index contributed by atoms with van der Waals surface area (Å²) >= 11 is 0. The number of carbonyl (C=O) groups is 1. The lowest BCUT2D eigenvalue weighted by Gasteiger charge is -2.35. The Labute approximate surface area is 155 Å². The Morgan fingerprint density at radius 2 is 2.08 bits per heavy atom. The third-order valence-corrected chi connectivity index (χ3v) is 4.84. The van der Waals surface area contributed by atoms with Crippen LogP contribution in [0.25, 0.3) is 0 Å². The number of nitrogens with one attached hydrogen (secondary N) is 1. The first kappa shape index (κ1) is 18.5. The molecule has 0 aliphatic carbocycles. The summed E-state index contributed by atoms with van der Waals surface area (Å²) in [5, 5.41) is 3.02. The van der Waals surface area contributed by atoms with Crippen LogP contribution in [-0.2, 0) is 6.61 Å². The van der Waals surface area contributed by atoms with Crippen molar-refractivity contribution in [1.29, 1.82) is 0 Å². The van der Waals surface area contributed by atoms with Gasteiger partial charge in [0.1, 0.15) is 18.1 Å². The van der Waals surface area contributed by atoms with Crippen molar-refractivity contribution in [1.82, 2.24) is 10.2 Å². The first-order chi connectivity index (χ1) is 12.6. The summed E-state index contributed by atoms with van der Waals surface area (Å²) in [6.07, 6.45) is 2.36. The van der Waals surface area contributed by atoms with Crippen molar-refractivity contribution in [2.45, 2.75) is 39.3 Å². The quantitative estimate of drug-likeness (QED) is 0.822. The third kappa shape index (κ3) is 5.11. The van der Waals surface area contributed by atoms with Gasteiger partial charge < -0.3 is 19.4 Å². The number of hydrogen-bond acceptors (Lipinski definition) is 4. The lowest BCUT2D eigenvalue weighted by atomic mass is 9.97. The van der Waals surface area contributed by atoms with Gasteiger partial charge in [-0.1, -0.05) is 18.2 Å². The number of hydrogen-bond donors (Lipinski definition) is 1. The maximum absolute atomic E-state index is 12.3. The maximum Gasteiger partial charge on any atom is 0.287 e. The van der Waals surface area contributed by atoms with E-state index in [1.807, 2.05) is 30.3 Å². The van der Waals surface area contributed by atoms with Crippen molar-refractivity contribution in [3.8, 4) is 5.75 Å². The Kier molecular flexibility index (Phi) is 6.34. The molecule has 0 radical (unpaired) electrons. The number of likely N-dealkylation sites (tertiary alicyclic amines) is 1. The highest BCUT2D eigenvalue weighted by atomic mass is 16.5. The van der Waals surface area contributed by atoms with Crippen molar-refractivity contribution < 1.29 is 13.9 Å². The minimum absolute atomic E-state index is 0.155. The van der Waals surface area contributed by atoms with E-state index in [-0.39, 0.29) is 5.91 Å². The molecule has 140 valence electrons. The fourth-order valence-electron chi connectivity index (χ4n) is 3.31. The van der Waals surface area contributed by atoms with Gasteiger partial charge in [-0.15, -0.1) is 0 Å². The van der Waals surface area contributed by atoms with Crippen molar-refractivity contribution in [2.75, 3.05) is 19.6 Å². The van der Waals surface area contributed by atoms with E-state index in [2.05, 4.69) is 24.1 Å². The molecule has 2 aromatic rings. The Morgan fingerprint density at radius 1 is 1.27 bits per heavy atom. The maximum atomic E-state index is 12.3. The van der Waals surface area contributed by atoms with Gasteiger partial charge in [0.15, 0.2) is 5.76 Å². The van der Waals surface area contributed by atoms with Gasteiger partial charge in [-0.05, 0) is 63.4 Å². The van der Waals surface area contributed by atoms with E-state index in [0.29, 0.717) is 36.6 Å². The van der Waals surface area contributed by atoms with E-state index < -0.39 is 0 Å². The number of para-hydroxylation sites is 1. The van der Waals surface area contributed by atoms with Crippen LogP contribution in [0.2, 0.25) is 0 Å². The standard InChI is InChI=1S/C21H28N2O3/c1-16(2)23-12-6-7-17(14-23)13-22-21(24)20-11-10-19(26-20)15-25-18-8-4-3-5-9-18/h3-5,8-11,16-17H,6-7,12-15H2,1-2H3,(H,22,24)/t17-/m1/s1. The minimum atomic E-state index is -0.155. The summed E-state index contributed by atoms with van der Waals surface area (Å²) in [4.78, 5) is 14.8. The molecule has 0 bridgehead atoms. The van der Waals surface area contributed by atoms with Gasteiger partial charge in [-0.3, -0.25) is 4.79 Å². The van der Waals surface area contributed by atoms with Crippen molar-refractivity contribution >= 4 is 5.91 Å². The van der Waals surface area contributed by atoms with Crippen LogP contribution in [0.15, 0.2) is 46.9 Å². The molecule has 5 nitrogen and oxygen atoms in total. The van der Waals surface area contributed by atoms with Gasteiger partial charge in [0.2, 0.25) is 0 Å². The van der Waals surface area contributed by atoms with Gasteiger partial charge >= 0.3 is 0 Å². The fraction of sp³-hybridized carbons (Fsp3) is 0.476. The summed E-state index contributed by atoms with van der Waals surface area (Å²) in [6.45, 7) is 7.66. The molecule has 1 atom stereocenters. The highest BCUT2D eigenvalue weighted by Gasteiger charge is 2.22. The molecule has 1 aromatic heterocycles. The molecule has 1 fully saturated rings. The molecule has 2 heterocycles. The minimum Gasteiger partial charge on any atom is -0.486 e.